The molecule has 27 heavy (non-hydrogen) atoms. The van der Waals surface area contributed by atoms with Crippen LogP contribution in [0.1, 0.15) is 26.5 Å². The van der Waals surface area contributed by atoms with E-state index in [9.17, 15) is 4.79 Å². The monoisotopic (exact) mass is 367 g/mol. The average molecular weight is 367 g/mol. The Balaban J connectivity index is 1.59. The second-order valence-corrected chi connectivity index (χ2v) is 7.35. The minimum absolute atomic E-state index is 0.428. The lowest BCUT2D eigenvalue weighted by Crippen LogP contribution is -2.34. The molecule has 1 N–H and O–H groups in total. The van der Waals surface area contributed by atoms with Gasteiger partial charge in [0, 0.05) is 36.9 Å². The van der Waals surface area contributed by atoms with Gasteiger partial charge in [-0.05, 0) is 56.5 Å². The molecule has 3 rings (SSSR count). The number of aromatic nitrogens is 2. The molecule has 6 heteroatoms. The predicted molar refractivity (Wildman–Crippen MR) is 106 cm³/mol. The fourth-order valence-electron chi connectivity index (χ4n) is 2.61. The topological polar surface area (TPSA) is 67.5 Å². The molecule has 2 heterocycles. The normalized spacial score (nSPS) is 11.4. The van der Waals surface area contributed by atoms with Crippen molar-refractivity contribution in [3.8, 4) is 5.75 Å². The van der Waals surface area contributed by atoms with Gasteiger partial charge in [0.05, 0.1) is 6.61 Å². The van der Waals surface area contributed by atoms with Crippen molar-refractivity contribution in [1.29, 1.82) is 0 Å². The molecule has 0 aliphatic carbocycles. The molecule has 0 radical (unpaired) electrons. The number of rotatable bonds is 5. The highest BCUT2D eigenvalue weighted by Crippen LogP contribution is 2.20. The Morgan fingerprint density at radius 1 is 1.19 bits per heavy atom. The van der Waals surface area contributed by atoms with Crippen LogP contribution in [0.15, 0.2) is 48.7 Å². The third kappa shape index (κ3) is 5.00. The van der Waals surface area contributed by atoms with Crippen LogP contribution in [0.25, 0.3) is 10.9 Å². The van der Waals surface area contributed by atoms with Gasteiger partial charge in [0.2, 0.25) is 0 Å². The third-order valence-corrected chi connectivity index (χ3v) is 3.96. The largest absolute Gasteiger partial charge is 0.493 e. The fraction of sp³-hybridized carbons (Fsp3) is 0.333. The maximum atomic E-state index is 12.2. The molecular weight excluding hydrogens is 342 g/mol. The number of aromatic amines is 1. The highest BCUT2D eigenvalue weighted by atomic mass is 16.6. The number of carbonyl (C=O) groups is 1. The van der Waals surface area contributed by atoms with Gasteiger partial charge in [-0.25, -0.2) is 9.78 Å². The van der Waals surface area contributed by atoms with Crippen LogP contribution in [-0.4, -0.2) is 35.3 Å². The number of hydrogen-bond donors (Lipinski definition) is 1. The van der Waals surface area contributed by atoms with Gasteiger partial charge in [-0.2, -0.15) is 0 Å². The molecule has 0 atom stereocenters. The van der Waals surface area contributed by atoms with E-state index in [-0.39, 0.29) is 0 Å². The maximum absolute atomic E-state index is 12.2. The molecule has 0 aliphatic heterocycles. The number of benzene rings is 1. The van der Waals surface area contributed by atoms with Crippen LogP contribution in [0.5, 0.6) is 5.75 Å². The highest BCUT2D eigenvalue weighted by molar-refractivity contribution is 5.86. The van der Waals surface area contributed by atoms with Gasteiger partial charge < -0.3 is 14.5 Å². The Labute approximate surface area is 159 Å². The Hall–Kier alpha value is -3.02. The lowest BCUT2D eigenvalue weighted by atomic mass is 10.2. The number of carbonyl (C=O) groups excluding carboxylic acids is 1. The summed E-state index contributed by atoms with van der Waals surface area (Å²) in [5.74, 6) is 1.36. The van der Waals surface area contributed by atoms with E-state index in [4.69, 9.17) is 9.47 Å². The summed E-state index contributed by atoms with van der Waals surface area (Å²) in [6.45, 7) is 6.01. The van der Waals surface area contributed by atoms with Crippen molar-refractivity contribution in [2.75, 3.05) is 18.6 Å². The minimum atomic E-state index is -0.545. The zero-order valence-electron chi connectivity index (χ0n) is 16.2. The van der Waals surface area contributed by atoms with Crippen molar-refractivity contribution in [2.24, 2.45) is 0 Å². The highest BCUT2D eigenvalue weighted by Gasteiger charge is 2.21. The molecule has 0 unspecified atom stereocenters. The van der Waals surface area contributed by atoms with Crippen molar-refractivity contribution >= 4 is 22.8 Å². The Morgan fingerprint density at radius 3 is 2.78 bits per heavy atom. The first-order valence-corrected chi connectivity index (χ1v) is 8.94. The van der Waals surface area contributed by atoms with Crippen molar-refractivity contribution in [3.63, 3.8) is 0 Å². The molecule has 3 aromatic rings. The van der Waals surface area contributed by atoms with Crippen LogP contribution in [-0.2, 0) is 11.2 Å². The number of ether oxygens (including phenoxy) is 2. The van der Waals surface area contributed by atoms with Gasteiger partial charge in [-0.15, -0.1) is 0 Å². The van der Waals surface area contributed by atoms with Gasteiger partial charge in [0.25, 0.3) is 0 Å². The lowest BCUT2D eigenvalue weighted by Gasteiger charge is -2.24. The number of pyridine rings is 1. The van der Waals surface area contributed by atoms with Crippen LogP contribution in [0.2, 0.25) is 0 Å². The molecule has 0 aliphatic rings. The summed E-state index contributed by atoms with van der Waals surface area (Å²) >= 11 is 0. The molecule has 0 bridgehead atoms. The van der Waals surface area contributed by atoms with E-state index in [1.165, 1.54) is 4.90 Å². The van der Waals surface area contributed by atoms with Gasteiger partial charge in [-0.1, -0.05) is 6.07 Å². The second-order valence-electron chi connectivity index (χ2n) is 7.35. The molecule has 0 spiro atoms. The van der Waals surface area contributed by atoms with Gasteiger partial charge >= 0.3 is 6.09 Å². The van der Waals surface area contributed by atoms with Crippen LogP contribution in [0.3, 0.4) is 0 Å². The lowest BCUT2D eigenvalue weighted by molar-refractivity contribution is 0.0588. The first-order valence-electron chi connectivity index (χ1n) is 8.94. The Bertz CT molecular complexity index is 928. The molecule has 1 aromatic carbocycles. The second kappa shape index (κ2) is 7.70. The molecule has 142 valence electrons. The van der Waals surface area contributed by atoms with E-state index >= 15 is 0 Å². The zero-order valence-corrected chi connectivity index (χ0v) is 16.2. The Morgan fingerprint density at radius 2 is 2.00 bits per heavy atom. The predicted octanol–water partition coefficient (Wildman–Crippen LogP) is 4.56. The summed E-state index contributed by atoms with van der Waals surface area (Å²) in [7, 11) is 1.66. The number of fused-ring (bicyclic) bond motifs is 1. The fourth-order valence-corrected chi connectivity index (χ4v) is 2.61. The number of hydrogen-bond acceptors (Lipinski definition) is 4. The molecule has 1 amide bonds. The molecule has 6 nitrogen and oxygen atoms in total. The minimum Gasteiger partial charge on any atom is -0.493 e. The van der Waals surface area contributed by atoms with E-state index in [0.717, 1.165) is 22.3 Å². The first kappa shape index (κ1) is 18.8. The summed E-state index contributed by atoms with van der Waals surface area (Å²) in [6, 6.07) is 13.6. The summed E-state index contributed by atoms with van der Waals surface area (Å²) in [5, 5.41) is 1.15. The zero-order chi connectivity index (χ0) is 19.4. The summed E-state index contributed by atoms with van der Waals surface area (Å²) < 4.78 is 11.2. The summed E-state index contributed by atoms with van der Waals surface area (Å²) in [5.41, 5.74) is 1.35. The van der Waals surface area contributed by atoms with E-state index in [1.54, 1.807) is 13.1 Å². The van der Waals surface area contributed by atoms with Crippen LogP contribution in [0, 0.1) is 0 Å². The molecule has 0 fully saturated rings. The smallest absolute Gasteiger partial charge is 0.415 e. The van der Waals surface area contributed by atoms with Crippen molar-refractivity contribution in [2.45, 2.75) is 32.8 Å². The number of nitrogens with zero attached hydrogens (tertiary/aromatic N) is 2. The molecule has 2 aromatic heterocycles. The van der Waals surface area contributed by atoms with Crippen molar-refractivity contribution in [3.05, 3.63) is 54.4 Å². The van der Waals surface area contributed by atoms with Gasteiger partial charge in [-0.3, -0.25) is 4.90 Å². The van der Waals surface area contributed by atoms with Gasteiger partial charge in [0.15, 0.2) is 0 Å². The first-order chi connectivity index (χ1) is 12.8. The molecular formula is C21H25N3O3. The standard InChI is InChI=1S/C21H25N3O3/c1-21(2,3)27-20(25)24(4)19-7-5-6-16(23-19)11-13-26-17-9-8-15-10-12-22-18(15)14-17/h5-10,12,14,22H,11,13H2,1-4H3. The SMILES string of the molecule is CN(C(=O)OC(C)(C)C)c1cccc(CCOc2ccc3cc[nH]c3c2)n1. The van der Waals surface area contributed by atoms with E-state index in [1.807, 2.05) is 63.4 Å². The van der Waals surface area contributed by atoms with E-state index < -0.39 is 11.7 Å². The quantitative estimate of drug-likeness (QED) is 0.718. The Kier molecular flexibility index (Phi) is 5.35. The van der Waals surface area contributed by atoms with Crippen LogP contribution in [0.4, 0.5) is 10.6 Å². The van der Waals surface area contributed by atoms with E-state index in [0.29, 0.717) is 18.8 Å². The average Bonchev–Trinajstić information content (AvgIpc) is 3.07. The summed E-state index contributed by atoms with van der Waals surface area (Å²) in [4.78, 5) is 21.3. The third-order valence-electron chi connectivity index (χ3n) is 3.96. The van der Waals surface area contributed by atoms with Gasteiger partial charge in [0.1, 0.15) is 17.2 Å². The maximum Gasteiger partial charge on any atom is 0.415 e. The van der Waals surface area contributed by atoms with Crippen LogP contribution >= 0.6 is 0 Å². The number of amides is 1. The van der Waals surface area contributed by atoms with Crippen molar-refractivity contribution in [1.82, 2.24) is 9.97 Å². The molecule has 0 saturated heterocycles. The van der Waals surface area contributed by atoms with E-state index in [2.05, 4.69) is 9.97 Å². The van der Waals surface area contributed by atoms with Crippen LogP contribution < -0.4 is 9.64 Å². The van der Waals surface area contributed by atoms with Crippen molar-refractivity contribution < 1.29 is 14.3 Å². The number of H-pyrrole nitrogens is 1. The number of nitrogens with one attached hydrogen (secondary N) is 1. The number of anilines is 1. The molecule has 0 saturated carbocycles. The summed E-state index contributed by atoms with van der Waals surface area (Å²) in [6.07, 6.45) is 2.12.